The smallest absolute Gasteiger partial charge is 0.340 e. The molecule has 0 saturated carbocycles. The molecule has 1 aromatic carbocycles. The number of carbonyl (C=O) groups excluding carboxylic acids is 2. The van der Waals surface area contributed by atoms with E-state index in [1.54, 1.807) is 13.0 Å². The molecule has 1 unspecified atom stereocenters. The van der Waals surface area contributed by atoms with Crippen molar-refractivity contribution < 1.29 is 19.2 Å². The summed E-state index contributed by atoms with van der Waals surface area (Å²) < 4.78 is 5.17. The maximum absolute atomic E-state index is 12.2. The molecule has 1 amide bonds. The minimum absolute atomic E-state index is 0.0189. The monoisotopic (exact) mass is 382 g/mol. The number of nitrogens with one attached hydrogen (secondary N) is 1. The number of amides is 1. The van der Waals surface area contributed by atoms with Crippen LogP contribution in [0.25, 0.3) is 0 Å². The standard InChI is InChI=1S/C16H15ClN2O5S/c1-8-6-12(10(3)25-8)16(21)24-9(2)15(20)18-14-5-4-11(19(22)23)7-13(14)17/h4-7,9H,1-3H3,(H,18,20). The first-order valence-electron chi connectivity index (χ1n) is 7.22. The maximum atomic E-state index is 12.2. The lowest BCUT2D eigenvalue weighted by molar-refractivity contribution is -0.384. The lowest BCUT2D eigenvalue weighted by atomic mass is 10.2. The minimum Gasteiger partial charge on any atom is -0.449 e. The van der Waals surface area contributed by atoms with Crippen LogP contribution in [0.15, 0.2) is 24.3 Å². The highest BCUT2D eigenvalue weighted by Crippen LogP contribution is 2.27. The van der Waals surface area contributed by atoms with Crippen molar-refractivity contribution in [2.45, 2.75) is 26.9 Å². The quantitative estimate of drug-likeness (QED) is 0.476. The van der Waals surface area contributed by atoms with E-state index in [1.165, 1.54) is 30.4 Å². The molecule has 0 aliphatic rings. The van der Waals surface area contributed by atoms with Crippen molar-refractivity contribution in [2.75, 3.05) is 5.32 Å². The number of hydrogen-bond acceptors (Lipinski definition) is 6. The fraction of sp³-hybridized carbons (Fsp3) is 0.250. The van der Waals surface area contributed by atoms with Crippen LogP contribution in [0.5, 0.6) is 0 Å². The minimum atomic E-state index is -1.06. The Kier molecular flexibility index (Phi) is 5.76. The van der Waals surface area contributed by atoms with Gasteiger partial charge in [0.25, 0.3) is 11.6 Å². The topological polar surface area (TPSA) is 98.5 Å². The third kappa shape index (κ3) is 4.55. The zero-order chi connectivity index (χ0) is 18.7. The predicted molar refractivity (Wildman–Crippen MR) is 95.4 cm³/mol. The van der Waals surface area contributed by atoms with Gasteiger partial charge in [-0.25, -0.2) is 4.79 Å². The number of ether oxygens (including phenoxy) is 1. The van der Waals surface area contributed by atoms with Gasteiger partial charge in [0.2, 0.25) is 0 Å². The van der Waals surface area contributed by atoms with Gasteiger partial charge in [0.1, 0.15) is 0 Å². The fourth-order valence-electron chi connectivity index (χ4n) is 2.06. The van der Waals surface area contributed by atoms with E-state index in [4.69, 9.17) is 16.3 Å². The highest BCUT2D eigenvalue weighted by atomic mass is 35.5. The Bertz CT molecular complexity index is 849. The van der Waals surface area contributed by atoms with E-state index in [2.05, 4.69) is 5.32 Å². The second-order valence-electron chi connectivity index (χ2n) is 5.28. The molecule has 0 radical (unpaired) electrons. The summed E-state index contributed by atoms with van der Waals surface area (Å²) in [4.78, 5) is 36.2. The van der Waals surface area contributed by atoms with Crippen molar-refractivity contribution in [3.05, 3.63) is 54.7 Å². The zero-order valence-electron chi connectivity index (χ0n) is 13.7. The number of nitro benzene ring substituents is 1. The van der Waals surface area contributed by atoms with Gasteiger partial charge >= 0.3 is 5.97 Å². The molecule has 1 atom stereocenters. The van der Waals surface area contributed by atoms with Crippen molar-refractivity contribution in [3.63, 3.8) is 0 Å². The van der Waals surface area contributed by atoms with Gasteiger partial charge in [0, 0.05) is 21.9 Å². The van der Waals surface area contributed by atoms with Gasteiger partial charge in [-0.1, -0.05) is 11.6 Å². The van der Waals surface area contributed by atoms with E-state index >= 15 is 0 Å². The average Bonchev–Trinajstić information content (AvgIpc) is 2.87. The summed E-state index contributed by atoms with van der Waals surface area (Å²) in [5, 5.41) is 13.2. The van der Waals surface area contributed by atoms with Crippen LogP contribution in [0.3, 0.4) is 0 Å². The van der Waals surface area contributed by atoms with Gasteiger partial charge in [0.15, 0.2) is 6.10 Å². The molecular weight excluding hydrogens is 368 g/mol. The molecule has 0 saturated heterocycles. The third-order valence-corrected chi connectivity index (χ3v) is 4.61. The molecule has 132 valence electrons. The molecule has 0 spiro atoms. The number of nitro groups is 1. The highest BCUT2D eigenvalue weighted by molar-refractivity contribution is 7.12. The molecular formula is C16H15ClN2O5S. The van der Waals surface area contributed by atoms with Crippen molar-refractivity contribution in [2.24, 2.45) is 0 Å². The lowest BCUT2D eigenvalue weighted by Crippen LogP contribution is -2.30. The van der Waals surface area contributed by atoms with Crippen LogP contribution in [0.2, 0.25) is 5.02 Å². The molecule has 0 aliphatic heterocycles. The van der Waals surface area contributed by atoms with Crippen molar-refractivity contribution in [3.8, 4) is 0 Å². The van der Waals surface area contributed by atoms with Crippen molar-refractivity contribution in [1.29, 1.82) is 0 Å². The van der Waals surface area contributed by atoms with Crippen molar-refractivity contribution in [1.82, 2.24) is 0 Å². The number of hydrogen-bond donors (Lipinski definition) is 1. The number of halogens is 1. The van der Waals surface area contributed by atoms with Crippen LogP contribution in [0.4, 0.5) is 11.4 Å². The summed E-state index contributed by atoms with van der Waals surface area (Å²) in [6.45, 7) is 5.11. The third-order valence-electron chi connectivity index (χ3n) is 3.34. The van der Waals surface area contributed by atoms with Gasteiger partial charge in [0.05, 0.1) is 21.2 Å². The van der Waals surface area contributed by atoms with Crippen LogP contribution in [-0.4, -0.2) is 22.9 Å². The van der Waals surface area contributed by atoms with E-state index in [1.807, 2.05) is 6.92 Å². The summed E-state index contributed by atoms with van der Waals surface area (Å²) in [5.41, 5.74) is 0.434. The summed E-state index contributed by atoms with van der Waals surface area (Å²) in [7, 11) is 0. The summed E-state index contributed by atoms with van der Waals surface area (Å²) in [6.07, 6.45) is -1.06. The van der Waals surface area contributed by atoms with E-state index < -0.39 is 22.9 Å². The van der Waals surface area contributed by atoms with Gasteiger partial charge in [-0.2, -0.15) is 0 Å². The largest absolute Gasteiger partial charge is 0.449 e. The van der Waals surface area contributed by atoms with Gasteiger partial charge in [-0.15, -0.1) is 11.3 Å². The Morgan fingerprint density at radius 2 is 2.00 bits per heavy atom. The Balaban J connectivity index is 2.04. The number of nitrogens with zero attached hydrogens (tertiary/aromatic N) is 1. The number of thiophene rings is 1. The number of aryl methyl sites for hydroxylation is 2. The summed E-state index contributed by atoms with van der Waals surface area (Å²) in [5.74, 6) is -1.17. The average molecular weight is 383 g/mol. The number of non-ortho nitro benzene ring substituents is 1. The van der Waals surface area contributed by atoms with E-state index in [0.717, 1.165) is 15.8 Å². The first kappa shape index (κ1) is 18.9. The number of esters is 1. The molecule has 7 nitrogen and oxygen atoms in total. The first-order chi connectivity index (χ1) is 11.7. The molecule has 2 aromatic rings. The van der Waals surface area contributed by atoms with E-state index in [0.29, 0.717) is 5.56 Å². The molecule has 0 aliphatic carbocycles. The Labute approximate surface area is 152 Å². The normalized spacial score (nSPS) is 11.7. The number of carbonyl (C=O) groups is 2. The lowest BCUT2D eigenvalue weighted by Gasteiger charge is -2.14. The zero-order valence-corrected chi connectivity index (χ0v) is 15.2. The second-order valence-corrected chi connectivity index (χ2v) is 7.15. The Morgan fingerprint density at radius 3 is 2.52 bits per heavy atom. The second kappa shape index (κ2) is 7.62. The van der Waals surface area contributed by atoms with Crippen molar-refractivity contribution >= 4 is 46.2 Å². The van der Waals surface area contributed by atoms with Crippen LogP contribution < -0.4 is 5.32 Å². The molecule has 0 bridgehead atoms. The maximum Gasteiger partial charge on any atom is 0.340 e. The van der Waals surface area contributed by atoms with E-state index in [9.17, 15) is 19.7 Å². The van der Waals surface area contributed by atoms with Crippen LogP contribution in [0, 0.1) is 24.0 Å². The van der Waals surface area contributed by atoms with Gasteiger partial charge in [-0.05, 0) is 32.9 Å². The molecule has 1 aromatic heterocycles. The number of benzene rings is 1. The van der Waals surface area contributed by atoms with Crippen LogP contribution in [-0.2, 0) is 9.53 Å². The molecule has 2 rings (SSSR count). The predicted octanol–water partition coefficient (Wildman–Crippen LogP) is 4.11. The van der Waals surface area contributed by atoms with Crippen LogP contribution >= 0.6 is 22.9 Å². The van der Waals surface area contributed by atoms with Gasteiger partial charge in [-0.3, -0.25) is 14.9 Å². The SMILES string of the molecule is Cc1cc(C(=O)OC(C)C(=O)Nc2ccc([N+](=O)[O-])cc2Cl)c(C)s1. The number of rotatable bonds is 5. The Hall–Kier alpha value is -2.45. The first-order valence-corrected chi connectivity index (χ1v) is 8.41. The Morgan fingerprint density at radius 1 is 1.32 bits per heavy atom. The summed E-state index contributed by atoms with van der Waals surface area (Å²) in [6, 6.07) is 5.38. The molecule has 1 N–H and O–H groups in total. The van der Waals surface area contributed by atoms with Crippen LogP contribution in [0.1, 0.15) is 27.0 Å². The molecule has 25 heavy (non-hydrogen) atoms. The number of anilines is 1. The van der Waals surface area contributed by atoms with E-state index in [-0.39, 0.29) is 16.4 Å². The molecule has 1 heterocycles. The van der Waals surface area contributed by atoms with Gasteiger partial charge < -0.3 is 10.1 Å². The molecule has 0 fully saturated rings. The molecule has 9 heteroatoms. The highest BCUT2D eigenvalue weighted by Gasteiger charge is 2.22. The fourth-order valence-corrected chi connectivity index (χ4v) is 3.20. The summed E-state index contributed by atoms with van der Waals surface area (Å²) >= 11 is 7.39.